The van der Waals surface area contributed by atoms with Gasteiger partial charge in [0.2, 0.25) is 10.0 Å². The summed E-state index contributed by atoms with van der Waals surface area (Å²) in [6.45, 7) is 1.44. The number of esters is 1. The average molecular weight is 397 g/mol. The van der Waals surface area contributed by atoms with E-state index in [1.165, 1.54) is 31.9 Å². The molecule has 1 fully saturated rings. The fraction of sp³-hybridized carbons (Fsp3) is 0.579. The van der Waals surface area contributed by atoms with Crippen molar-refractivity contribution >= 4 is 21.9 Å². The molecule has 1 aromatic rings. The zero-order valence-electron chi connectivity index (χ0n) is 15.6. The molecule has 27 heavy (non-hydrogen) atoms. The van der Waals surface area contributed by atoms with Crippen LogP contribution in [0.15, 0.2) is 35.2 Å². The van der Waals surface area contributed by atoms with Gasteiger partial charge in [-0.15, -0.1) is 0 Å². The largest absolute Gasteiger partial charge is 0.453 e. The molecular weight excluding hydrogens is 368 g/mol. The van der Waals surface area contributed by atoms with Gasteiger partial charge < -0.3 is 10.1 Å². The van der Waals surface area contributed by atoms with Crippen molar-refractivity contribution < 1.29 is 22.7 Å². The smallest absolute Gasteiger partial charge is 0.307 e. The summed E-state index contributed by atoms with van der Waals surface area (Å²) in [7, 11) is -3.66. The molecule has 0 aromatic heterocycles. The Balaban J connectivity index is 1.72. The van der Waals surface area contributed by atoms with Crippen molar-refractivity contribution in [2.24, 2.45) is 0 Å². The first-order chi connectivity index (χ1) is 12.9. The highest BCUT2D eigenvalue weighted by Gasteiger charge is 2.22. The lowest BCUT2D eigenvalue weighted by Crippen LogP contribution is -2.42. The SMILES string of the molecule is C[C@H](OC(=O)CCNS(=O)(=O)c1ccccc1)C(=O)NC1CCCCCC1. The van der Waals surface area contributed by atoms with Crippen molar-refractivity contribution in [1.82, 2.24) is 10.0 Å². The van der Waals surface area contributed by atoms with Crippen LogP contribution in [0, 0.1) is 0 Å². The zero-order chi connectivity index (χ0) is 19.7. The molecule has 1 aromatic carbocycles. The van der Waals surface area contributed by atoms with Gasteiger partial charge in [-0.25, -0.2) is 13.1 Å². The fourth-order valence-corrected chi connectivity index (χ4v) is 4.08. The second-order valence-corrected chi connectivity index (χ2v) is 8.56. The zero-order valence-corrected chi connectivity index (χ0v) is 16.5. The van der Waals surface area contributed by atoms with Crippen LogP contribution in [0.1, 0.15) is 51.9 Å². The molecular formula is C19H28N2O5S. The number of hydrogen-bond acceptors (Lipinski definition) is 5. The maximum absolute atomic E-state index is 12.2. The summed E-state index contributed by atoms with van der Waals surface area (Å²) in [6, 6.07) is 8.05. The Morgan fingerprint density at radius 3 is 2.37 bits per heavy atom. The van der Waals surface area contributed by atoms with Crippen LogP contribution in [-0.4, -0.2) is 39.0 Å². The molecule has 0 unspecified atom stereocenters. The molecule has 8 heteroatoms. The number of hydrogen-bond donors (Lipinski definition) is 2. The molecule has 1 amide bonds. The summed E-state index contributed by atoms with van der Waals surface area (Å²) < 4.78 is 31.6. The number of benzene rings is 1. The van der Waals surface area contributed by atoms with Gasteiger partial charge in [-0.3, -0.25) is 9.59 Å². The molecule has 150 valence electrons. The lowest BCUT2D eigenvalue weighted by atomic mass is 10.1. The Hall–Kier alpha value is -1.93. The molecule has 1 aliphatic carbocycles. The number of carbonyl (C=O) groups is 2. The summed E-state index contributed by atoms with van der Waals surface area (Å²) in [5, 5.41) is 2.94. The van der Waals surface area contributed by atoms with E-state index in [1.54, 1.807) is 18.2 Å². The van der Waals surface area contributed by atoms with Crippen molar-refractivity contribution in [3.8, 4) is 0 Å². The van der Waals surface area contributed by atoms with Crippen molar-refractivity contribution in [3.05, 3.63) is 30.3 Å². The van der Waals surface area contributed by atoms with Crippen molar-refractivity contribution in [3.63, 3.8) is 0 Å². The lowest BCUT2D eigenvalue weighted by molar-refractivity contribution is -0.154. The van der Waals surface area contributed by atoms with Gasteiger partial charge in [-0.2, -0.15) is 0 Å². The predicted molar refractivity (Wildman–Crippen MR) is 101 cm³/mol. The third-order valence-electron chi connectivity index (χ3n) is 4.55. The van der Waals surface area contributed by atoms with E-state index < -0.39 is 22.1 Å². The van der Waals surface area contributed by atoms with Crippen LogP contribution in [0.2, 0.25) is 0 Å². The number of amides is 1. The first kappa shape index (κ1) is 21.4. The van der Waals surface area contributed by atoms with Crippen LogP contribution in [0.5, 0.6) is 0 Å². The molecule has 7 nitrogen and oxygen atoms in total. The molecule has 0 heterocycles. The molecule has 1 saturated carbocycles. The molecule has 0 aliphatic heterocycles. The standard InChI is InChI=1S/C19H28N2O5S/c1-15(19(23)21-16-9-5-2-3-6-10-16)26-18(22)13-14-20-27(24,25)17-11-7-4-8-12-17/h4,7-8,11-12,15-16,20H,2-3,5-6,9-10,13-14H2,1H3,(H,21,23)/t15-/m0/s1. The summed E-state index contributed by atoms with van der Waals surface area (Å²) in [4.78, 5) is 24.2. The van der Waals surface area contributed by atoms with Gasteiger partial charge in [0.25, 0.3) is 5.91 Å². The molecule has 2 rings (SSSR count). The first-order valence-corrected chi connectivity index (χ1v) is 10.9. The maximum Gasteiger partial charge on any atom is 0.307 e. The molecule has 0 radical (unpaired) electrons. The van der Waals surface area contributed by atoms with Crippen LogP contribution in [0.4, 0.5) is 0 Å². The Kier molecular flexibility index (Phi) is 8.24. The van der Waals surface area contributed by atoms with Crippen LogP contribution in [-0.2, 0) is 24.3 Å². The number of carbonyl (C=O) groups excluding carboxylic acids is 2. The third-order valence-corrected chi connectivity index (χ3v) is 6.03. The minimum absolute atomic E-state index is 0.0903. The van der Waals surface area contributed by atoms with Crippen molar-refractivity contribution in [2.45, 2.75) is 68.9 Å². The minimum atomic E-state index is -3.66. The van der Waals surface area contributed by atoms with E-state index in [4.69, 9.17) is 4.74 Å². The second-order valence-electron chi connectivity index (χ2n) is 6.79. The minimum Gasteiger partial charge on any atom is -0.453 e. The maximum atomic E-state index is 12.2. The van der Waals surface area contributed by atoms with Crippen LogP contribution < -0.4 is 10.0 Å². The highest BCUT2D eigenvalue weighted by molar-refractivity contribution is 7.89. The summed E-state index contributed by atoms with van der Waals surface area (Å²) in [5.41, 5.74) is 0. The van der Waals surface area contributed by atoms with Gasteiger partial charge in [-0.05, 0) is 31.9 Å². The van der Waals surface area contributed by atoms with Gasteiger partial charge >= 0.3 is 5.97 Å². The summed E-state index contributed by atoms with van der Waals surface area (Å²) in [5.74, 6) is -0.922. The Bertz CT molecular complexity index is 713. The highest BCUT2D eigenvalue weighted by Crippen LogP contribution is 2.17. The lowest BCUT2D eigenvalue weighted by Gasteiger charge is -2.19. The predicted octanol–water partition coefficient (Wildman–Crippen LogP) is 2.13. The van der Waals surface area contributed by atoms with Gasteiger partial charge in [0, 0.05) is 12.6 Å². The van der Waals surface area contributed by atoms with Gasteiger partial charge in [0.1, 0.15) is 0 Å². The van der Waals surface area contributed by atoms with E-state index in [0.29, 0.717) is 0 Å². The molecule has 2 N–H and O–H groups in total. The molecule has 0 spiro atoms. The number of sulfonamides is 1. The molecule has 0 bridgehead atoms. The number of ether oxygens (including phenoxy) is 1. The normalized spacial score (nSPS) is 16.9. The van der Waals surface area contributed by atoms with Crippen molar-refractivity contribution in [1.29, 1.82) is 0 Å². The van der Waals surface area contributed by atoms with E-state index in [0.717, 1.165) is 25.7 Å². The van der Waals surface area contributed by atoms with E-state index in [-0.39, 0.29) is 29.8 Å². The second kappa shape index (κ2) is 10.4. The third kappa shape index (κ3) is 7.30. The van der Waals surface area contributed by atoms with E-state index >= 15 is 0 Å². The number of rotatable bonds is 8. The first-order valence-electron chi connectivity index (χ1n) is 9.43. The average Bonchev–Trinajstić information content (AvgIpc) is 2.91. The fourth-order valence-electron chi connectivity index (χ4n) is 3.02. The van der Waals surface area contributed by atoms with Crippen molar-refractivity contribution in [2.75, 3.05) is 6.54 Å². The van der Waals surface area contributed by atoms with E-state index in [9.17, 15) is 18.0 Å². The van der Waals surface area contributed by atoms with Crippen LogP contribution in [0.3, 0.4) is 0 Å². The van der Waals surface area contributed by atoms with Gasteiger partial charge in [0.15, 0.2) is 6.10 Å². The van der Waals surface area contributed by atoms with E-state index in [1.807, 2.05) is 0 Å². The Morgan fingerprint density at radius 2 is 1.74 bits per heavy atom. The summed E-state index contributed by atoms with van der Waals surface area (Å²) >= 11 is 0. The Labute approximate surface area is 160 Å². The Morgan fingerprint density at radius 1 is 1.11 bits per heavy atom. The topological polar surface area (TPSA) is 102 Å². The number of nitrogens with one attached hydrogen (secondary N) is 2. The van der Waals surface area contributed by atoms with Gasteiger partial charge in [0.05, 0.1) is 11.3 Å². The monoisotopic (exact) mass is 396 g/mol. The summed E-state index contributed by atoms with van der Waals surface area (Å²) in [6.07, 6.45) is 5.44. The quantitative estimate of drug-likeness (QED) is 0.518. The van der Waals surface area contributed by atoms with Crippen LogP contribution >= 0.6 is 0 Å². The molecule has 1 atom stereocenters. The van der Waals surface area contributed by atoms with E-state index in [2.05, 4.69) is 10.0 Å². The molecule has 1 aliphatic rings. The highest BCUT2D eigenvalue weighted by atomic mass is 32.2. The molecule has 0 saturated heterocycles. The van der Waals surface area contributed by atoms with Crippen LogP contribution in [0.25, 0.3) is 0 Å². The van der Waals surface area contributed by atoms with Gasteiger partial charge in [-0.1, -0.05) is 43.9 Å².